The molecule has 144 valence electrons. The molecule has 0 aliphatic heterocycles. The van der Waals surface area contributed by atoms with Crippen molar-refractivity contribution in [1.29, 1.82) is 0 Å². The summed E-state index contributed by atoms with van der Waals surface area (Å²) in [5.74, 6) is -0.129. The second kappa shape index (κ2) is 8.94. The van der Waals surface area contributed by atoms with Crippen LogP contribution in [0.5, 0.6) is 0 Å². The van der Waals surface area contributed by atoms with E-state index in [2.05, 4.69) is 15.3 Å². The summed E-state index contributed by atoms with van der Waals surface area (Å²) >= 11 is 0. The summed E-state index contributed by atoms with van der Waals surface area (Å²) in [7, 11) is 0. The maximum absolute atomic E-state index is 12.2. The molecule has 3 aromatic rings. The molecule has 2 N–H and O–H groups in total. The van der Waals surface area contributed by atoms with Crippen molar-refractivity contribution in [2.24, 2.45) is 0 Å². The fourth-order valence-corrected chi connectivity index (χ4v) is 2.68. The first kappa shape index (κ1) is 19.3. The van der Waals surface area contributed by atoms with Gasteiger partial charge in [0.05, 0.1) is 23.1 Å². The molecule has 2 aromatic carbocycles. The lowest BCUT2D eigenvalue weighted by molar-refractivity contribution is -0.116. The van der Waals surface area contributed by atoms with Crippen molar-refractivity contribution in [3.63, 3.8) is 0 Å². The first-order chi connectivity index (χ1) is 13.6. The van der Waals surface area contributed by atoms with Crippen molar-refractivity contribution in [3.05, 3.63) is 70.3 Å². The predicted molar refractivity (Wildman–Crippen MR) is 106 cm³/mol. The number of nitrogens with one attached hydrogen (secondary N) is 2. The summed E-state index contributed by atoms with van der Waals surface area (Å²) < 4.78 is 5.06. The Morgan fingerprint density at radius 1 is 1.11 bits per heavy atom. The van der Waals surface area contributed by atoms with E-state index in [-0.39, 0.29) is 23.9 Å². The van der Waals surface area contributed by atoms with Gasteiger partial charge in [0.15, 0.2) is 0 Å². The molecular weight excluding hydrogens is 358 g/mol. The molecular formula is C21H21N3O4. The largest absolute Gasteiger partial charge is 0.462 e. The van der Waals surface area contributed by atoms with Gasteiger partial charge in [-0.15, -0.1) is 0 Å². The molecule has 0 radical (unpaired) electrons. The van der Waals surface area contributed by atoms with Gasteiger partial charge in [-0.25, -0.2) is 9.78 Å². The summed E-state index contributed by atoms with van der Waals surface area (Å²) in [6.45, 7) is 2.30. The smallest absolute Gasteiger partial charge is 0.338 e. The fourth-order valence-electron chi connectivity index (χ4n) is 2.68. The highest BCUT2D eigenvalue weighted by atomic mass is 16.5. The summed E-state index contributed by atoms with van der Waals surface area (Å²) in [6, 6.07) is 13.6. The number of hydrogen-bond acceptors (Lipinski definition) is 5. The lowest BCUT2D eigenvalue weighted by atomic mass is 10.2. The normalized spacial score (nSPS) is 10.6. The average molecular weight is 379 g/mol. The molecule has 0 atom stereocenters. The maximum atomic E-state index is 12.2. The van der Waals surface area contributed by atoms with Crippen LogP contribution in [0.3, 0.4) is 0 Å². The van der Waals surface area contributed by atoms with Crippen molar-refractivity contribution in [2.75, 3.05) is 11.9 Å². The highest BCUT2D eigenvalue weighted by Crippen LogP contribution is 2.12. The molecule has 7 heteroatoms. The minimum Gasteiger partial charge on any atom is -0.462 e. The zero-order valence-corrected chi connectivity index (χ0v) is 15.5. The molecule has 1 heterocycles. The molecule has 0 saturated carbocycles. The maximum Gasteiger partial charge on any atom is 0.338 e. The number of aromatic nitrogens is 2. The van der Waals surface area contributed by atoms with E-state index in [0.29, 0.717) is 41.0 Å². The van der Waals surface area contributed by atoms with Crippen LogP contribution in [0.4, 0.5) is 5.69 Å². The van der Waals surface area contributed by atoms with Gasteiger partial charge in [-0.3, -0.25) is 9.59 Å². The molecule has 0 bridgehead atoms. The number of carbonyl (C=O) groups is 2. The van der Waals surface area contributed by atoms with E-state index in [1.54, 1.807) is 42.5 Å². The molecule has 7 nitrogen and oxygen atoms in total. The molecule has 0 aliphatic rings. The van der Waals surface area contributed by atoms with Crippen LogP contribution in [0.1, 0.15) is 35.9 Å². The second-order valence-electron chi connectivity index (χ2n) is 6.29. The van der Waals surface area contributed by atoms with E-state index in [1.807, 2.05) is 13.0 Å². The van der Waals surface area contributed by atoms with Crippen LogP contribution < -0.4 is 10.9 Å². The number of rotatable bonds is 7. The molecule has 28 heavy (non-hydrogen) atoms. The van der Waals surface area contributed by atoms with E-state index < -0.39 is 0 Å². The van der Waals surface area contributed by atoms with Crippen LogP contribution in [0.2, 0.25) is 0 Å². The van der Waals surface area contributed by atoms with Gasteiger partial charge in [-0.05, 0) is 42.8 Å². The second-order valence-corrected chi connectivity index (χ2v) is 6.29. The number of amides is 1. The van der Waals surface area contributed by atoms with Gasteiger partial charge in [0.25, 0.3) is 5.56 Å². The van der Waals surface area contributed by atoms with E-state index in [1.165, 1.54) is 0 Å². The number of aromatic amines is 1. The number of carbonyl (C=O) groups excluding carboxylic acids is 2. The van der Waals surface area contributed by atoms with E-state index in [9.17, 15) is 14.4 Å². The Hall–Kier alpha value is -3.48. The summed E-state index contributed by atoms with van der Waals surface area (Å²) in [4.78, 5) is 43.1. The van der Waals surface area contributed by atoms with Crippen molar-refractivity contribution in [1.82, 2.24) is 9.97 Å². The van der Waals surface area contributed by atoms with Gasteiger partial charge >= 0.3 is 5.97 Å². The molecule has 0 spiro atoms. The van der Waals surface area contributed by atoms with E-state index >= 15 is 0 Å². The number of H-pyrrole nitrogens is 1. The van der Waals surface area contributed by atoms with Crippen LogP contribution in [0.25, 0.3) is 10.9 Å². The first-order valence-corrected chi connectivity index (χ1v) is 9.12. The quantitative estimate of drug-likeness (QED) is 0.615. The summed E-state index contributed by atoms with van der Waals surface area (Å²) in [5.41, 5.74) is 1.40. The van der Waals surface area contributed by atoms with Crippen LogP contribution in [0, 0.1) is 0 Å². The van der Waals surface area contributed by atoms with Gasteiger partial charge in [0.2, 0.25) is 5.91 Å². The van der Waals surface area contributed by atoms with E-state index in [0.717, 1.165) is 6.42 Å². The number of para-hydroxylation sites is 1. The highest BCUT2D eigenvalue weighted by molar-refractivity contribution is 5.93. The third-order valence-electron chi connectivity index (χ3n) is 4.09. The monoisotopic (exact) mass is 379 g/mol. The predicted octanol–water partition coefficient (Wildman–Crippen LogP) is 3.06. The zero-order valence-electron chi connectivity index (χ0n) is 15.5. The molecule has 1 aromatic heterocycles. The molecule has 3 rings (SSSR count). The Kier molecular flexibility index (Phi) is 6.16. The summed E-state index contributed by atoms with van der Waals surface area (Å²) in [5, 5.41) is 3.28. The van der Waals surface area contributed by atoms with Crippen molar-refractivity contribution < 1.29 is 14.3 Å². The lowest BCUT2D eigenvalue weighted by Crippen LogP contribution is -2.16. The Morgan fingerprint density at radius 3 is 2.61 bits per heavy atom. The molecule has 0 aliphatic carbocycles. The van der Waals surface area contributed by atoms with Crippen LogP contribution in [0.15, 0.2) is 53.3 Å². The number of aryl methyl sites for hydroxylation is 1. The van der Waals surface area contributed by atoms with Crippen LogP contribution in [-0.2, 0) is 16.0 Å². The number of nitrogens with zero attached hydrogens (tertiary/aromatic N) is 1. The summed E-state index contributed by atoms with van der Waals surface area (Å²) in [6.07, 6.45) is 1.24. The van der Waals surface area contributed by atoms with Gasteiger partial charge in [-0.1, -0.05) is 19.1 Å². The zero-order chi connectivity index (χ0) is 19.9. The van der Waals surface area contributed by atoms with Gasteiger partial charge in [0.1, 0.15) is 5.82 Å². The number of fused-ring (bicyclic) bond motifs is 1. The van der Waals surface area contributed by atoms with Crippen LogP contribution >= 0.6 is 0 Å². The van der Waals surface area contributed by atoms with Crippen LogP contribution in [-0.4, -0.2) is 28.5 Å². The first-order valence-electron chi connectivity index (χ1n) is 9.12. The Morgan fingerprint density at radius 2 is 1.86 bits per heavy atom. The Bertz CT molecular complexity index is 1040. The average Bonchev–Trinajstić information content (AvgIpc) is 2.71. The molecule has 1 amide bonds. The van der Waals surface area contributed by atoms with Gasteiger partial charge in [-0.2, -0.15) is 0 Å². The lowest BCUT2D eigenvalue weighted by Gasteiger charge is -2.07. The van der Waals surface area contributed by atoms with Gasteiger partial charge < -0.3 is 15.0 Å². The van der Waals surface area contributed by atoms with Crippen molar-refractivity contribution >= 4 is 28.5 Å². The van der Waals surface area contributed by atoms with Crippen molar-refractivity contribution in [3.8, 4) is 0 Å². The topological polar surface area (TPSA) is 101 Å². The minimum absolute atomic E-state index is 0.168. The molecule has 0 unspecified atom stereocenters. The number of anilines is 1. The van der Waals surface area contributed by atoms with Crippen molar-refractivity contribution in [2.45, 2.75) is 26.2 Å². The SMILES string of the molecule is CCCOC(=O)c1ccc(NC(=O)CCc2nc3ccccc3c(=O)[nH]2)cc1. The number of ether oxygens (including phenoxy) is 1. The standard InChI is InChI=1S/C21H21N3O4/c1-2-13-28-21(27)14-7-9-15(10-8-14)22-19(25)12-11-18-23-17-6-4-3-5-16(17)20(26)24-18/h3-10H,2,11-13H2,1H3,(H,22,25)(H,23,24,26). The molecule has 0 fully saturated rings. The highest BCUT2D eigenvalue weighted by Gasteiger charge is 2.09. The minimum atomic E-state index is -0.383. The molecule has 0 saturated heterocycles. The van der Waals surface area contributed by atoms with Gasteiger partial charge in [0, 0.05) is 18.5 Å². The Balaban J connectivity index is 1.57. The number of esters is 1. The number of hydrogen-bond donors (Lipinski definition) is 2. The van der Waals surface area contributed by atoms with E-state index in [4.69, 9.17) is 4.74 Å². The third-order valence-corrected chi connectivity index (χ3v) is 4.09. The Labute approximate surface area is 161 Å². The number of benzene rings is 2. The third kappa shape index (κ3) is 4.82. The fraction of sp³-hybridized carbons (Fsp3) is 0.238.